The zero-order chi connectivity index (χ0) is 20.4. The van der Waals surface area contributed by atoms with Gasteiger partial charge in [0.15, 0.2) is 11.5 Å². The maximum absolute atomic E-state index is 12.9. The van der Waals surface area contributed by atoms with Gasteiger partial charge in [0.05, 0.1) is 25.7 Å². The molecule has 7 heteroatoms. The molecule has 1 heterocycles. The van der Waals surface area contributed by atoms with Crippen molar-refractivity contribution in [3.8, 4) is 11.5 Å². The van der Waals surface area contributed by atoms with E-state index in [1.54, 1.807) is 51.7 Å². The number of carbonyl (C=O) groups is 2. The molecule has 0 aliphatic carbocycles. The van der Waals surface area contributed by atoms with Gasteiger partial charge in [-0.05, 0) is 64.3 Å². The molecule has 0 radical (unpaired) electrons. The highest BCUT2D eigenvalue weighted by atomic mass is 16.6. The second kappa shape index (κ2) is 7.66. The van der Waals surface area contributed by atoms with Crippen LogP contribution < -0.4 is 4.74 Å². The number of amides is 1. The lowest BCUT2D eigenvalue weighted by Crippen LogP contribution is -2.54. The van der Waals surface area contributed by atoms with Gasteiger partial charge in [-0.1, -0.05) is 0 Å². The number of aromatic hydroxyl groups is 1. The van der Waals surface area contributed by atoms with Crippen molar-refractivity contribution >= 4 is 12.1 Å². The van der Waals surface area contributed by atoms with Crippen LogP contribution in [0.1, 0.15) is 52.2 Å². The molecule has 1 atom stereocenters. The van der Waals surface area contributed by atoms with Crippen LogP contribution in [0.4, 0.5) is 4.79 Å². The summed E-state index contributed by atoms with van der Waals surface area (Å²) in [6, 6.07) is 3.31. The third-order valence-electron chi connectivity index (χ3n) is 4.59. The molecule has 7 nitrogen and oxygen atoms in total. The van der Waals surface area contributed by atoms with Crippen LogP contribution in [0.3, 0.4) is 0 Å². The molecule has 1 amide bonds. The number of hydrogen-bond donors (Lipinski definition) is 1. The van der Waals surface area contributed by atoms with Gasteiger partial charge >= 0.3 is 12.1 Å². The molecule has 27 heavy (non-hydrogen) atoms. The molecule has 0 spiro atoms. The van der Waals surface area contributed by atoms with E-state index in [0.717, 1.165) is 5.56 Å². The number of methoxy groups -OCH3 is 1. The monoisotopic (exact) mass is 379 g/mol. The van der Waals surface area contributed by atoms with E-state index in [1.165, 1.54) is 7.11 Å². The summed E-state index contributed by atoms with van der Waals surface area (Å²) in [6.07, 6.45) is 0.0120. The molecule has 1 aliphatic rings. The van der Waals surface area contributed by atoms with Gasteiger partial charge in [-0.25, -0.2) is 4.79 Å². The van der Waals surface area contributed by atoms with Gasteiger partial charge in [-0.15, -0.1) is 0 Å². The van der Waals surface area contributed by atoms with E-state index in [0.29, 0.717) is 24.3 Å². The first-order valence-electron chi connectivity index (χ1n) is 9.08. The first-order chi connectivity index (χ1) is 12.5. The average molecular weight is 379 g/mol. The summed E-state index contributed by atoms with van der Waals surface area (Å²) in [6.45, 7) is 9.54. The van der Waals surface area contributed by atoms with E-state index in [-0.39, 0.29) is 18.8 Å². The van der Waals surface area contributed by atoms with Crippen molar-refractivity contribution in [1.29, 1.82) is 0 Å². The van der Waals surface area contributed by atoms with Crippen molar-refractivity contribution in [1.82, 2.24) is 4.90 Å². The Labute approximate surface area is 160 Å². The van der Waals surface area contributed by atoms with Gasteiger partial charge in [-0.2, -0.15) is 0 Å². The first kappa shape index (κ1) is 20.9. The fourth-order valence-corrected chi connectivity index (χ4v) is 3.40. The molecular weight excluding hydrogens is 350 g/mol. The Hall–Kier alpha value is -2.44. The normalized spacial score (nSPS) is 19.3. The zero-order valence-electron chi connectivity index (χ0n) is 16.9. The largest absolute Gasteiger partial charge is 0.504 e. The number of fused-ring (bicyclic) bond motifs is 1. The lowest BCUT2D eigenvalue weighted by molar-refractivity contribution is -0.146. The second-order valence-electron chi connectivity index (χ2n) is 7.82. The van der Waals surface area contributed by atoms with E-state index in [4.69, 9.17) is 14.2 Å². The molecule has 1 unspecified atom stereocenters. The van der Waals surface area contributed by atoms with Crippen molar-refractivity contribution in [3.05, 3.63) is 23.3 Å². The van der Waals surface area contributed by atoms with Gasteiger partial charge in [0.25, 0.3) is 0 Å². The molecule has 150 valence electrons. The number of hydrogen-bond acceptors (Lipinski definition) is 6. The summed E-state index contributed by atoms with van der Waals surface area (Å²) in [7, 11) is 1.48. The number of benzene rings is 1. The molecule has 1 aromatic rings. The Morgan fingerprint density at radius 3 is 2.52 bits per heavy atom. The summed E-state index contributed by atoms with van der Waals surface area (Å²) in [4.78, 5) is 26.7. The maximum atomic E-state index is 12.9. The molecule has 0 aromatic heterocycles. The summed E-state index contributed by atoms with van der Waals surface area (Å²) in [5, 5.41) is 10.3. The van der Waals surface area contributed by atoms with Gasteiger partial charge in [0, 0.05) is 6.54 Å². The smallest absolute Gasteiger partial charge is 0.411 e. The van der Waals surface area contributed by atoms with Crippen LogP contribution in [0.25, 0.3) is 0 Å². The Bertz CT molecular complexity index is 724. The molecule has 0 bridgehead atoms. The highest BCUT2D eigenvalue weighted by molar-refractivity contribution is 5.76. The van der Waals surface area contributed by atoms with Crippen LogP contribution in [0.15, 0.2) is 12.1 Å². The minimum Gasteiger partial charge on any atom is -0.504 e. The summed E-state index contributed by atoms with van der Waals surface area (Å²) < 4.78 is 15.9. The van der Waals surface area contributed by atoms with Crippen molar-refractivity contribution in [2.45, 2.75) is 58.6 Å². The van der Waals surface area contributed by atoms with E-state index in [9.17, 15) is 14.7 Å². The summed E-state index contributed by atoms with van der Waals surface area (Å²) in [5.74, 6) is -0.105. The van der Waals surface area contributed by atoms with E-state index in [2.05, 4.69) is 0 Å². The van der Waals surface area contributed by atoms with Gasteiger partial charge in [0.1, 0.15) is 5.60 Å². The lowest BCUT2D eigenvalue weighted by atomic mass is 9.79. The molecule has 2 rings (SSSR count). The second-order valence-corrected chi connectivity index (χ2v) is 7.82. The number of carbonyl (C=O) groups excluding carboxylic acids is 2. The highest BCUT2D eigenvalue weighted by Crippen LogP contribution is 2.43. The maximum Gasteiger partial charge on any atom is 0.411 e. The number of nitrogens with zero attached hydrogens (tertiary/aromatic N) is 1. The van der Waals surface area contributed by atoms with E-state index >= 15 is 0 Å². The van der Waals surface area contributed by atoms with Crippen LogP contribution in [-0.2, 0) is 26.2 Å². The quantitative estimate of drug-likeness (QED) is 0.808. The van der Waals surface area contributed by atoms with Gasteiger partial charge < -0.3 is 19.3 Å². The summed E-state index contributed by atoms with van der Waals surface area (Å²) in [5.41, 5.74) is -0.0712. The van der Waals surface area contributed by atoms with Crippen molar-refractivity contribution in [2.24, 2.45) is 0 Å². The fraction of sp³-hybridized carbons (Fsp3) is 0.600. The van der Waals surface area contributed by atoms with Crippen molar-refractivity contribution in [2.75, 3.05) is 20.3 Å². The summed E-state index contributed by atoms with van der Waals surface area (Å²) >= 11 is 0. The average Bonchev–Trinajstić information content (AvgIpc) is 2.53. The Morgan fingerprint density at radius 1 is 1.30 bits per heavy atom. The third kappa shape index (κ3) is 4.46. The zero-order valence-corrected chi connectivity index (χ0v) is 16.9. The number of ether oxygens (including phenoxy) is 3. The third-order valence-corrected chi connectivity index (χ3v) is 4.59. The van der Waals surface area contributed by atoms with Crippen LogP contribution in [-0.4, -0.2) is 47.9 Å². The molecule has 0 saturated heterocycles. The molecule has 1 aliphatic heterocycles. The van der Waals surface area contributed by atoms with Crippen molar-refractivity contribution in [3.63, 3.8) is 0 Å². The molecular formula is C20H29NO6. The predicted octanol–water partition coefficient (Wildman–Crippen LogP) is 3.36. The van der Waals surface area contributed by atoms with Crippen LogP contribution >= 0.6 is 0 Å². The van der Waals surface area contributed by atoms with E-state index < -0.39 is 23.2 Å². The topological polar surface area (TPSA) is 85.3 Å². The Kier molecular flexibility index (Phi) is 5.92. The Morgan fingerprint density at radius 2 is 1.96 bits per heavy atom. The lowest BCUT2D eigenvalue weighted by Gasteiger charge is -2.45. The van der Waals surface area contributed by atoms with Gasteiger partial charge in [0.2, 0.25) is 0 Å². The predicted molar refractivity (Wildman–Crippen MR) is 99.9 cm³/mol. The van der Waals surface area contributed by atoms with E-state index in [1.807, 2.05) is 0 Å². The fourth-order valence-electron chi connectivity index (χ4n) is 3.40. The van der Waals surface area contributed by atoms with Crippen LogP contribution in [0.2, 0.25) is 0 Å². The molecule has 0 fully saturated rings. The Balaban J connectivity index is 2.51. The molecule has 1 aromatic carbocycles. The van der Waals surface area contributed by atoms with Crippen LogP contribution in [0, 0.1) is 0 Å². The van der Waals surface area contributed by atoms with Gasteiger partial charge in [-0.3, -0.25) is 9.69 Å². The first-order valence-corrected chi connectivity index (χ1v) is 9.08. The number of esters is 1. The minimum atomic E-state index is -1.01. The SMILES string of the molecule is CCOC(=O)CC1(C)c2cc(O)c(OC)cc2CCN1C(=O)OC(C)(C)C. The molecule has 1 N–H and O–H groups in total. The standard InChI is InChI=1S/C20H29NO6/c1-7-26-17(23)12-20(5)14-11-15(22)16(25-6)10-13(14)8-9-21(20)18(24)27-19(2,3)4/h10-11,22H,7-9,12H2,1-6H3. The number of rotatable bonds is 4. The highest BCUT2D eigenvalue weighted by Gasteiger charge is 2.45. The van der Waals surface area contributed by atoms with Crippen LogP contribution in [0.5, 0.6) is 11.5 Å². The van der Waals surface area contributed by atoms with Crippen molar-refractivity contribution < 1.29 is 28.9 Å². The minimum absolute atomic E-state index is 0.0428. The number of phenolic OH excluding ortho intramolecular Hbond substituents is 1. The number of phenols is 1. The molecule has 0 saturated carbocycles.